The zero-order valence-corrected chi connectivity index (χ0v) is 11.9. The van der Waals surface area contributed by atoms with Crippen LogP contribution in [0.25, 0.3) is 0 Å². The molecule has 0 aromatic heterocycles. The molecule has 1 aromatic rings. The van der Waals surface area contributed by atoms with Crippen molar-refractivity contribution in [1.29, 1.82) is 0 Å². The first kappa shape index (κ1) is 16.9. The van der Waals surface area contributed by atoms with E-state index in [9.17, 15) is 21.6 Å². The van der Waals surface area contributed by atoms with Crippen molar-refractivity contribution < 1.29 is 26.7 Å². The maximum absolute atomic E-state index is 12.5. The summed E-state index contributed by atoms with van der Waals surface area (Å²) in [5.74, 6) is 0. The Morgan fingerprint density at radius 1 is 1.30 bits per heavy atom. The largest absolute Gasteiger partial charge is 0.402 e. The molecule has 4 nitrogen and oxygen atoms in total. The molecule has 1 rings (SSSR count). The summed E-state index contributed by atoms with van der Waals surface area (Å²) in [6, 6.07) is 4.41. The predicted octanol–water partition coefficient (Wildman–Crippen LogP) is 2.14. The van der Waals surface area contributed by atoms with Crippen molar-refractivity contribution in [2.45, 2.75) is 37.6 Å². The molecule has 20 heavy (non-hydrogen) atoms. The number of benzene rings is 1. The second-order valence-electron chi connectivity index (χ2n) is 4.56. The molecule has 0 aliphatic heterocycles. The molecule has 0 saturated carbocycles. The van der Waals surface area contributed by atoms with Crippen LogP contribution in [-0.4, -0.2) is 36.6 Å². The lowest BCUT2D eigenvalue weighted by Crippen LogP contribution is -2.43. The van der Waals surface area contributed by atoms with Gasteiger partial charge >= 0.3 is 6.18 Å². The Hall–Kier alpha value is -1.12. The number of sulfonamides is 1. The number of alkyl halides is 3. The van der Waals surface area contributed by atoms with Crippen LogP contribution >= 0.6 is 0 Å². The standard InChI is InChI=1S/C12H16F3NO3S/c1-9(2)16(8-12(13,14)15)20(18,19)11-5-3-4-10(6-11)7-17/h3-6,9,17H,7-8H2,1-2H3. The Labute approximate surface area is 115 Å². The smallest absolute Gasteiger partial charge is 0.392 e. The van der Waals surface area contributed by atoms with Crippen molar-refractivity contribution in [2.24, 2.45) is 0 Å². The van der Waals surface area contributed by atoms with Crippen molar-refractivity contribution in [3.05, 3.63) is 29.8 Å². The minimum Gasteiger partial charge on any atom is -0.392 e. The average molecular weight is 311 g/mol. The lowest BCUT2D eigenvalue weighted by atomic mass is 10.2. The molecule has 0 aliphatic carbocycles. The van der Waals surface area contributed by atoms with Crippen molar-refractivity contribution in [1.82, 2.24) is 4.31 Å². The van der Waals surface area contributed by atoms with Crippen molar-refractivity contribution in [3.8, 4) is 0 Å². The first-order valence-corrected chi connectivity index (χ1v) is 7.30. The van der Waals surface area contributed by atoms with Gasteiger partial charge in [0.05, 0.1) is 11.5 Å². The first-order valence-electron chi connectivity index (χ1n) is 5.86. The molecular formula is C12H16F3NO3S. The molecule has 0 atom stereocenters. The van der Waals surface area contributed by atoms with E-state index >= 15 is 0 Å². The molecule has 1 N–H and O–H groups in total. The van der Waals surface area contributed by atoms with Gasteiger partial charge in [0.25, 0.3) is 0 Å². The van der Waals surface area contributed by atoms with Crippen LogP contribution in [0.2, 0.25) is 0 Å². The fourth-order valence-corrected chi connectivity index (χ4v) is 3.35. The number of hydrogen-bond acceptors (Lipinski definition) is 3. The zero-order chi connectivity index (χ0) is 15.6. The summed E-state index contributed by atoms with van der Waals surface area (Å²) in [5, 5.41) is 8.97. The molecule has 0 spiro atoms. The Morgan fingerprint density at radius 2 is 1.90 bits per heavy atom. The zero-order valence-electron chi connectivity index (χ0n) is 11.1. The molecule has 0 amide bonds. The Morgan fingerprint density at radius 3 is 2.35 bits per heavy atom. The molecule has 0 saturated heterocycles. The number of aliphatic hydroxyl groups excluding tert-OH is 1. The average Bonchev–Trinajstić information content (AvgIpc) is 2.34. The number of hydrogen-bond donors (Lipinski definition) is 1. The van der Waals surface area contributed by atoms with Crippen molar-refractivity contribution in [2.75, 3.05) is 6.54 Å². The van der Waals surface area contributed by atoms with Gasteiger partial charge < -0.3 is 5.11 Å². The first-order chi connectivity index (χ1) is 9.08. The fraction of sp³-hybridized carbons (Fsp3) is 0.500. The van der Waals surface area contributed by atoms with Gasteiger partial charge in [-0.1, -0.05) is 12.1 Å². The van der Waals surface area contributed by atoms with Crippen LogP contribution in [0, 0.1) is 0 Å². The molecule has 0 bridgehead atoms. The number of aliphatic hydroxyl groups is 1. The monoisotopic (exact) mass is 311 g/mol. The van der Waals surface area contributed by atoms with Crippen LogP contribution in [0.5, 0.6) is 0 Å². The topological polar surface area (TPSA) is 57.6 Å². The minimum absolute atomic E-state index is 0.262. The molecular weight excluding hydrogens is 295 g/mol. The van der Waals surface area contributed by atoms with Crippen LogP contribution < -0.4 is 0 Å². The number of rotatable bonds is 5. The van der Waals surface area contributed by atoms with Gasteiger partial charge in [-0.05, 0) is 31.5 Å². The molecule has 114 valence electrons. The summed E-state index contributed by atoms with van der Waals surface area (Å²) in [6.07, 6.45) is -4.62. The van der Waals surface area contributed by atoms with E-state index in [4.69, 9.17) is 5.11 Å². The van der Waals surface area contributed by atoms with E-state index in [0.717, 1.165) is 0 Å². The molecule has 0 radical (unpaired) electrons. The molecule has 0 heterocycles. The van der Waals surface area contributed by atoms with Crippen LogP contribution in [0.15, 0.2) is 29.2 Å². The van der Waals surface area contributed by atoms with E-state index in [1.165, 1.54) is 38.1 Å². The van der Waals surface area contributed by atoms with Crippen LogP contribution in [-0.2, 0) is 16.6 Å². The Bertz CT molecular complexity index is 555. The van der Waals surface area contributed by atoms with Gasteiger partial charge in [0.1, 0.15) is 6.54 Å². The Balaban J connectivity index is 3.22. The van der Waals surface area contributed by atoms with Gasteiger partial charge in [0, 0.05) is 6.04 Å². The predicted molar refractivity (Wildman–Crippen MR) is 67.4 cm³/mol. The second kappa shape index (κ2) is 6.11. The summed E-state index contributed by atoms with van der Waals surface area (Å²) in [4.78, 5) is -0.262. The van der Waals surface area contributed by atoms with E-state index in [2.05, 4.69) is 0 Å². The SMILES string of the molecule is CC(C)N(CC(F)(F)F)S(=O)(=O)c1cccc(CO)c1. The van der Waals surface area contributed by atoms with E-state index in [0.29, 0.717) is 9.87 Å². The highest BCUT2D eigenvalue weighted by Crippen LogP contribution is 2.25. The van der Waals surface area contributed by atoms with Gasteiger partial charge in [-0.25, -0.2) is 8.42 Å². The van der Waals surface area contributed by atoms with E-state index in [1.54, 1.807) is 0 Å². The maximum atomic E-state index is 12.5. The maximum Gasteiger partial charge on any atom is 0.402 e. The third-order valence-corrected chi connectivity index (χ3v) is 4.62. The third-order valence-electron chi connectivity index (χ3n) is 2.60. The van der Waals surface area contributed by atoms with Gasteiger partial charge in [-0.3, -0.25) is 0 Å². The summed E-state index contributed by atoms with van der Waals surface area (Å²) >= 11 is 0. The third kappa shape index (κ3) is 4.19. The van der Waals surface area contributed by atoms with Gasteiger partial charge in [0.2, 0.25) is 10.0 Å². The second-order valence-corrected chi connectivity index (χ2v) is 6.46. The molecule has 1 aromatic carbocycles. The van der Waals surface area contributed by atoms with Crippen LogP contribution in [0.1, 0.15) is 19.4 Å². The molecule has 8 heteroatoms. The highest BCUT2D eigenvalue weighted by molar-refractivity contribution is 7.89. The van der Waals surface area contributed by atoms with Crippen LogP contribution in [0.3, 0.4) is 0 Å². The summed E-state index contributed by atoms with van der Waals surface area (Å²) < 4.78 is 62.5. The van der Waals surface area contributed by atoms with Crippen molar-refractivity contribution in [3.63, 3.8) is 0 Å². The highest BCUT2D eigenvalue weighted by Gasteiger charge is 2.38. The summed E-state index contributed by atoms with van der Waals surface area (Å²) in [5.41, 5.74) is 0.321. The minimum atomic E-state index is -4.62. The fourth-order valence-electron chi connectivity index (χ4n) is 1.66. The lowest BCUT2D eigenvalue weighted by molar-refractivity contribution is -0.138. The molecule has 0 fully saturated rings. The normalized spacial score (nSPS) is 13.2. The van der Waals surface area contributed by atoms with Gasteiger partial charge in [-0.15, -0.1) is 0 Å². The van der Waals surface area contributed by atoms with Crippen molar-refractivity contribution >= 4 is 10.0 Å². The van der Waals surface area contributed by atoms with E-state index in [-0.39, 0.29) is 11.5 Å². The highest BCUT2D eigenvalue weighted by atomic mass is 32.2. The van der Waals surface area contributed by atoms with Crippen LogP contribution in [0.4, 0.5) is 13.2 Å². The number of nitrogens with zero attached hydrogens (tertiary/aromatic N) is 1. The van der Waals surface area contributed by atoms with Gasteiger partial charge in [-0.2, -0.15) is 17.5 Å². The van der Waals surface area contributed by atoms with Gasteiger partial charge in [0.15, 0.2) is 0 Å². The number of halogens is 3. The molecule has 0 aliphatic rings. The molecule has 0 unspecified atom stereocenters. The quantitative estimate of drug-likeness (QED) is 0.906. The summed E-state index contributed by atoms with van der Waals surface area (Å²) in [7, 11) is -4.26. The lowest BCUT2D eigenvalue weighted by Gasteiger charge is -2.27. The van der Waals surface area contributed by atoms with E-state index in [1.807, 2.05) is 0 Å². The van der Waals surface area contributed by atoms with E-state index < -0.39 is 28.8 Å². The summed E-state index contributed by atoms with van der Waals surface area (Å²) in [6.45, 7) is 0.818. The Kier molecular flexibility index (Phi) is 5.17.